The van der Waals surface area contributed by atoms with Crippen molar-refractivity contribution < 1.29 is 0 Å². The number of rotatable bonds is 4. The van der Waals surface area contributed by atoms with Crippen LogP contribution in [0.4, 0.5) is 0 Å². The molecule has 0 aliphatic heterocycles. The lowest BCUT2D eigenvalue weighted by atomic mass is 10.00. The van der Waals surface area contributed by atoms with Crippen LogP contribution >= 0.6 is 0 Å². The van der Waals surface area contributed by atoms with Gasteiger partial charge in [0.15, 0.2) is 0 Å². The van der Waals surface area contributed by atoms with Gasteiger partial charge in [0.05, 0.1) is 61.3 Å². The number of hydrogen-bond donors (Lipinski definition) is 0. The van der Waals surface area contributed by atoms with Crippen molar-refractivity contribution in [3.05, 3.63) is 187 Å². The van der Waals surface area contributed by atoms with Crippen molar-refractivity contribution in [3.8, 4) is 40.3 Å². The molecule has 8 aromatic carbocycles. The van der Waals surface area contributed by atoms with Crippen LogP contribution in [-0.2, 0) is 0 Å². The summed E-state index contributed by atoms with van der Waals surface area (Å²) in [4.78, 5) is 0. The zero-order chi connectivity index (χ0) is 36.6. The van der Waals surface area contributed by atoms with Gasteiger partial charge in [0.25, 0.3) is 0 Å². The van der Waals surface area contributed by atoms with Crippen LogP contribution in [0.5, 0.6) is 0 Å². The molecule has 55 heavy (non-hydrogen) atoms. The molecule has 0 saturated carbocycles. The summed E-state index contributed by atoms with van der Waals surface area (Å²) in [6.45, 7) is 0. The first kappa shape index (κ1) is 30.7. The molecule has 0 aliphatic rings. The van der Waals surface area contributed by atoms with E-state index in [4.69, 9.17) is 0 Å². The summed E-state index contributed by atoms with van der Waals surface area (Å²) in [5, 5.41) is 27.6. The Morgan fingerprint density at radius 1 is 0.345 bits per heavy atom. The summed E-state index contributed by atoms with van der Waals surface area (Å²) in [6, 6.07) is 66.0. The van der Waals surface area contributed by atoms with E-state index < -0.39 is 0 Å². The fourth-order valence-corrected chi connectivity index (χ4v) is 8.88. The van der Waals surface area contributed by atoms with Crippen molar-refractivity contribution in [2.45, 2.75) is 0 Å². The Morgan fingerprint density at radius 2 is 0.836 bits per heavy atom. The fraction of sp³-hybridized carbons (Fsp3) is 0. The Labute approximate surface area is 316 Å². The lowest BCUT2D eigenvalue weighted by Gasteiger charge is -2.17. The van der Waals surface area contributed by atoms with E-state index in [-0.39, 0.29) is 0 Å². The second-order valence-corrected chi connectivity index (χ2v) is 13.9. The Bertz CT molecular complexity index is 3420. The van der Waals surface area contributed by atoms with Crippen molar-refractivity contribution in [2.24, 2.45) is 0 Å². The van der Waals surface area contributed by atoms with E-state index in [2.05, 4.69) is 165 Å². The molecule has 0 atom stereocenters. The normalized spacial score (nSPS) is 11.6. The molecule has 0 saturated heterocycles. The second kappa shape index (κ2) is 11.8. The summed E-state index contributed by atoms with van der Waals surface area (Å²) in [7, 11) is 0. The highest BCUT2D eigenvalue weighted by Crippen LogP contribution is 2.42. The van der Waals surface area contributed by atoms with Crippen molar-refractivity contribution >= 4 is 65.4 Å². The first-order valence-electron chi connectivity index (χ1n) is 18.3. The smallest absolute Gasteiger partial charge is 0.101 e. The van der Waals surface area contributed by atoms with E-state index in [0.29, 0.717) is 11.1 Å². The lowest BCUT2D eigenvalue weighted by molar-refractivity contribution is 1.16. The molecule has 3 aromatic heterocycles. The van der Waals surface area contributed by atoms with Gasteiger partial charge >= 0.3 is 0 Å². The summed E-state index contributed by atoms with van der Waals surface area (Å²) in [5.41, 5.74) is 12.3. The zero-order valence-corrected chi connectivity index (χ0v) is 29.5. The molecular formula is C50H29N5. The molecule has 5 heteroatoms. The SMILES string of the molecule is N#Cc1ccc(-c2ccccc2-n2c3ccccc3c3c(-n4c5ccccc5c5ccccc54)cccc32)cc1-n1c2ccccc2c2cccc(C#N)c21. The average molecular weight is 700 g/mol. The number of nitrogens with zero attached hydrogens (tertiary/aromatic N) is 5. The number of benzene rings is 8. The third-order valence-electron chi connectivity index (χ3n) is 11.1. The van der Waals surface area contributed by atoms with Crippen LogP contribution in [0, 0.1) is 22.7 Å². The van der Waals surface area contributed by atoms with Crippen molar-refractivity contribution in [1.29, 1.82) is 10.5 Å². The van der Waals surface area contributed by atoms with E-state index in [1.54, 1.807) is 0 Å². The summed E-state index contributed by atoms with van der Waals surface area (Å²) in [5.74, 6) is 0. The first-order chi connectivity index (χ1) is 27.2. The van der Waals surface area contributed by atoms with Gasteiger partial charge in [-0.3, -0.25) is 0 Å². The van der Waals surface area contributed by atoms with Gasteiger partial charge in [-0.1, -0.05) is 115 Å². The summed E-state index contributed by atoms with van der Waals surface area (Å²) in [6.07, 6.45) is 0. The molecular weight excluding hydrogens is 671 g/mol. The Hall–Kier alpha value is -7.86. The van der Waals surface area contributed by atoms with Crippen LogP contribution in [0.3, 0.4) is 0 Å². The predicted octanol–water partition coefficient (Wildman–Crippen LogP) is 12.4. The molecule has 0 fully saturated rings. The Morgan fingerprint density at radius 3 is 1.53 bits per heavy atom. The van der Waals surface area contributed by atoms with Crippen LogP contribution < -0.4 is 0 Å². The molecule has 0 bridgehead atoms. The maximum Gasteiger partial charge on any atom is 0.101 e. The van der Waals surface area contributed by atoms with Crippen molar-refractivity contribution in [1.82, 2.24) is 13.7 Å². The number of fused-ring (bicyclic) bond motifs is 9. The molecule has 0 aliphatic carbocycles. The highest BCUT2D eigenvalue weighted by atomic mass is 15.0. The predicted molar refractivity (Wildman–Crippen MR) is 224 cm³/mol. The van der Waals surface area contributed by atoms with Gasteiger partial charge in [0.1, 0.15) is 12.1 Å². The van der Waals surface area contributed by atoms with Crippen LogP contribution in [0.1, 0.15) is 11.1 Å². The summed E-state index contributed by atoms with van der Waals surface area (Å²) >= 11 is 0. The highest BCUT2D eigenvalue weighted by molar-refractivity contribution is 6.17. The van der Waals surface area contributed by atoms with Crippen LogP contribution in [0.15, 0.2) is 176 Å². The van der Waals surface area contributed by atoms with Gasteiger partial charge in [-0.15, -0.1) is 0 Å². The van der Waals surface area contributed by atoms with Gasteiger partial charge < -0.3 is 13.7 Å². The van der Waals surface area contributed by atoms with Crippen molar-refractivity contribution in [3.63, 3.8) is 0 Å². The van der Waals surface area contributed by atoms with Gasteiger partial charge in [-0.25, -0.2) is 0 Å². The third kappa shape index (κ3) is 4.33. The van der Waals surface area contributed by atoms with Crippen LogP contribution in [0.2, 0.25) is 0 Å². The maximum atomic E-state index is 10.5. The largest absolute Gasteiger partial charge is 0.309 e. The number of hydrogen-bond acceptors (Lipinski definition) is 2. The first-order valence-corrected chi connectivity index (χ1v) is 18.3. The molecule has 0 unspecified atom stereocenters. The molecule has 254 valence electrons. The lowest BCUT2D eigenvalue weighted by Crippen LogP contribution is -2.01. The van der Waals surface area contributed by atoms with Crippen molar-refractivity contribution in [2.75, 3.05) is 0 Å². The van der Waals surface area contributed by atoms with E-state index in [1.165, 1.54) is 32.6 Å². The molecule has 5 nitrogen and oxygen atoms in total. The minimum atomic E-state index is 0.532. The highest BCUT2D eigenvalue weighted by Gasteiger charge is 2.22. The quantitative estimate of drug-likeness (QED) is 0.184. The minimum absolute atomic E-state index is 0.532. The molecule has 0 radical (unpaired) electrons. The Kier molecular flexibility index (Phi) is 6.61. The standard InChI is InChI=1S/C50H29N5/c51-30-33-28-27-32(29-48(33)55-44-23-9-4-17-38(44)39-19-11-13-34(31-52)50(39)55)35-14-1-6-20-41(35)53-45-24-10-5-18-40(45)49-46(53)25-12-26-47(49)54-42-21-7-2-15-36(42)37-16-3-8-22-43(37)54/h1-29H. The average Bonchev–Trinajstić information content (AvgIpc) is 3.89. The monoisotopic (exact) mass is 699 g/mol. The van der Waals surface area contributed by atoms with E-state index >= 15 is 0 Å². The van der Waals surface area contributed by atoms with Crippen LogP contribution in [-0.4, -0.2) is 13.7 Å². The molecule has 3 heterocycles. The van der Waals surface area contributed by atoms with E-state index in [9.17, 15) is 10.5 Å². The van der Waals surface area contributed by atoms with Gasteiger partial charge in [-0.05, 0) is 66.2 Å². The Balaban J connectivity index is 1.19. The maximum absolute atomic E-state index is 10.5. The number of aromatic nitrogens is 3. The minimum Gasteiger partial charge on any atom is -0.309 e. The van der Waals surface area contributed by atoms with Gasteiger partial charge in [0, 0.05) is 37.9 Å². The van der Waals surface area contributed by atoms with Gasteiger partial charge in [0.2, 0.25) is 0 Å². The number of nitriles is 2. The molecule has 0 N–H and O–H groups in total. The topological polar surface area (TPSA) is 62.4 Å². The van der Waals surface area contributed by atoms with E-state index in [1.807, 2.05) is 36.4 Å². The molecule has 11 aromatic rings. The fourth-order valence-electron chi connectivity index (χ4n) is 8.88. The molecule has 11 rings (SSSR count). The zero-order valence-electron chi connectivity index (χ0n) is 29.5. The second-order valence-electron chi connectivity index (χ2n) is 13.9. The molecule has 0 amide bonds. The van der Waals surface area contributed by atoms with Gasteiger partial charge in [-0.2, -0.15) is 10.5 Å². The summed E-state index contributed by atoms with van der Waals surface area (Å²) < 4.78 is 6.87. The van der Waals surface area contributed by atoms with E-state index in [0.717, 1.165) is 61.0 Å². The molecule has 0 spiro atoms. The van der Waals surface area contributed by atoms with Crippen LogP contribution in [0.25, 0.3) is 93.6 Å². The third-order valence-corrected chi connectivity index (χ3v) is 11.1. The number of para-hydroxylation sites is 6.